The van der Waals surface area contributed by atoms with Gasteiger partial charge in [0.1, 0.15) is 0 Å². The van der Waals surface area contributed by atoms with Gasteiger partial charge in [-0.05, 0) is 37.5 Å². The van der Waals surface area contributed by atoms with Crippen LogP contribution in [0.15, 0.2) is 11.6 Å². The fourth-order valence-electron chi connectivity index (χ4n) is 2.99. The van der Waals surface area contributed by atoms with Gasteiger partial charge in [-0.2, -0.15) is 0 Å². The summed E-state index contributed by atoms with van der Waals surface area (Å²) >= 11 is 0. The van der Waals surface area contributed by atoms with Crippen LogP contribution < -0.4 is 35.7 Å². The summed E-state index contributed by atoms with van der Waals surface area (Å²) in [5, 5.41) is 8.68. The maximum Gasteiger partial charge on any atom is 1.00 e. The van der Waals surface area contributed by atoms with E-state index in [9.17, 15) is 4.79 Å². The van der Waals surface area contributed by atoms with Crippen LogP contribution in [0, 0.1) is 17.8 Å². The zero-order valence-electron chi connectivity index (χ0n) is 18.2. The smallest absolute Gasteiger partial charge is 1.00 e. The Morgan fingerprint density at radius 1 is 0.917 bits per heavy atom. The van der Waals surface area contributed by atoms with Crippen molar-refractivity contribution in [1.82, 2.24) is 6.15 Å². The molecule has 0 aliphatic carbocycles. The summed E-state index contributed by atoms with van der Waals surface area (Å²) in [6, 6.07) is 0. The summed E-state index contributed by atoms with van der Waals surface area (Å²) in [4.78, 5) is 10.5. The maximum absolute atomic E-state index is 10.5. The van der Waals surface area contributed by atoms with E-state index in [1.165, 1.54) is 51.0 Å². The first-order chi connectivity index (χ1) is 10.3. The van der Waals surface area contributed by atoms with Gasteiger partial charge < -0.3 is 12.7 Å². The van der Waals surface area contributed by atoms with Crippen LogP contribution in [0.1, 0.15) is 93.8 Å². The van der Waals surface area contributed by atoms with Crippen molar-refractivity contribution < 1.29 is 40.9 Å². The molecule has 140 valence electrons. The Hall–Kier alpha value is 0.170. The van der Waals surface area contributed by atoms with Gasteiger partial charge in [0.15, 0.2) is 0 Å². The first-order valence-corrected chi connectivity index (χ1v) is 9.21. The minimum atomic E-state index is -0.822. The first-order valence-electron chi connectivity index (χ1n) is 9.21. The van der Waals surface area contributed by atoms with Gasteiger partial charge in [-0.3, -0.25) is 0 Å². The van der Waals surface area contributed by atoms with Crippen LogP contribution in [0.5, 0.6) is 0 Å². The average Bonchev–Trinajstić information content (AvgIpc) is 2.37. The minimum Gasteiger partial charge on any atom is -1.00 e. The van der Waals surface area contributed by atoms with Crippen LogP contribution in [0.25, 0.3) is 0 Å². The van der Waals surface area contributed by atoms with Gasteiger partial charge in [0.05, 0.1) is 0 Å². The first kappa shape index (κ1) is 29.0. The van der Waals surface area contributed by atoms with Crippen molar-refractivity contribution >= 4 is 5.97 Å². The van der Waals surface area contributed by atoms with Crippen molar-refractivity contribution in [3.05, 3.63) is 11.6 Å². The average molecular weight is 352 g/mol. The molecular formula is C20H42NNaO2. The SMILES string of the molecule is C/C(=C\C(=O)O)CCC[C@H](C)CCC[C@H](C)CCCC(C)C.N.[H-].[Na+]. The van der Waals surface area contributed by atoms with E-state index in [1.54, 1.807) is 0 Å². The standard InChI is InChI=1S/C20H38O2.H3N.Na.H/c1-16(2)9-6-10-17(3)11-7-12-18(4)13-8-14-19(5)15-20(21)22;;;/h15-18H,6-14H2,1-5H3,(H,21,22);1H3;;/q;;+1;-1/b19-15+;;;/t17-,18-;;;/m1.../s1. The third kappa shape index (κ3) is 20.2. The molecule has 3 nitrogen and oxygen atoms in total. The molecule has 0 bridgehead atoms. The predicted octanol–water partition coefficient (Wildman–Crippen LogP) is 3.73. The third-order valence-electron chi connectivity index (χ3n) is 4.51. The number of hydrogen-bond acceptors (Lipinski definition) is 2. The van der Waals surface area contributed by atoms with Crippen molar-refractivity contribution in [3.63, 3.8) is 0 Å². The van der Waals surface area contributed by atoms with E-state index in [0.717, 1.165) is 36.2 Å². The van der Waals surface area contributed by atoms with Crippen LogP contribution in [0.2, 0.25) is 0 Å². The molecule has 0 unspecified atom stereocenters. The van der Waals surface area contributed by atoms with Crippen molar-refractivity contribution in [2.45, 2.75) is 92.4 Å². The van der Waals surface area contributed by atoms with E-state index in [0.29, 0.717) is 0 Å². The number of carbonyl (C=O) groups is 1. The van der Waals surface area contributed by atoms with Gasteiger partial charge in [-0.25, -0.2) is 4.79 Å². The zero-order chi connectivity index (χ0) is 17.0. The Bertz CT molecular complexity index is 336. The molecule has 0 rings (SSSR count). The van der Waals surface area contributed by atoms with Gasteiger partial charge in [-0.15, -0.1) is 0 Å². The number of hydrogen-bond donors (Lipinski definition) is 2. The Morgan fingerprint density at radius 2 is 1.33 bits per heavy atom. The molecular weight excluding hydrogens is 309 g/mol. The molecule has 4 heteroatoms. The second-order valence-electron chi connectivity index (χ2n) is 7.69. The molecule has 0 saturated carbocycles. The summed E-state index contributed by atoms with van der Waals surface area (Å²) in [6.45, 7) is 11.3. The fourth-order valence-corrected chi connectivity index (χ4v) is 2.99. The minimum absolute atomic E-state index is 0. The van der Waals surface area contributed by atoms with Crippen LogP contribution >= 0.6 is 0 Å². The van der Waals surface area contributed by atoms with Crippen molar-refractivity contribution in [2.75, 3.05) is 0 Å². The van der Waals surface area contributed by atoms with Crippen molar-refractivity contribution in [2.24, 2.45) is 17.8 Å². The number of carboxylic acid groups (broad SMARTS) is 1. The summed E-state index contributed by atoms with van der Waals surface area (Å²) in [5.74, 6) is 1.65. The molecule has 0 spiro atoms. The molecule has 24 heavy (non-hydrogen) atoms. The van der Waals surface area contributed by atoms with E-state index in [-0.39, 0.29) is 37.1 Å². The largest absolute Gasteiger partial charge is 1.00 e. The number of allylic oxidation sites excluding steroid dienone is 1. The van der Waals surface area contributed by atoms with Gasteiger partial charge >= 0.3 is 35.5 Å². The van der Waals surface area contributed by atoms with Gasteiger partial charge in [0.25, 0.3) is 0 Å². The fraction of sp³-hybridized carbons (Fsp3) is 0.850. The molecule has 2 atom stereocenters. The van der Waals surface area contributed by atoms with Crippen LogP contribution in [-0.4, -0.2) is 11.1 Å². The molecule has 4 N–H and O–H groups in total. The Balaban J connectivity index is -0.000000735. The molecule has 0 aromatic carbocycles. The van der Waals surface area contributed by atoms with E-state index >= 15 is 0 Å². The van der Waals surface area contributed by atoms with Crippen molar-refractivity contribution in [1.29, 1.82) is 0 Å². The van der Waals surface area contributed by atoms with Crippen LogP contribution in [-0.2, 0) is 4.79 Å². The molecule has 0 saturated heterocycles. The zero-order valence-corrected chi connectivity index (χ0v) is 19.2. The van der Waals surface area contributed by atoms with E-state index in [1.807, 2.05) is 6.92 Å². The number of carboxylic acids is 1. The van der Waals surface area contributed by atoms with E-state index in [4.69, 9.17) is 5.11 Å². The third-order valence-corrected chi connectivity index (χ3v) is 4.51. The summed E-state index contributed by atoms with van der Waals surface area (Å²) in [5.41, 5.74) is 0.985. The molecule has 0 fully saturated rings. The molecule has 0 aliphatic heterocycles. The Kier molecular flexibility index (Phi) is 21.7. The predicted molar refractivity (Wildman–Crippen MR) is 102 cm³/mol. The molecule has 0 aromatic rings. The molecule has 0 aliphatic rings. The summed E-state index contributed by atoms with van der Waals surface area (Å²) in [6.07, 6.45) is 12.7. The molecule has 0 amide bonds. The normalized spacial score (nSPS) is 13.8. The second-order valence-corrected chi connectivity index (χ2v) is 7.69. The second kappa shape index (κ2) is 18.0. The maximum atomic E-state index is 10.5. The van der Waals surface area contributed by atoms with Crippen LogP contribution in [0.3, 0.4) is 0 Å². The molecule has 0 heterocycles. The molecule has 0 radical (unpaired) electrons. The topological polar surface area (TPSA) is 72.3 Å². The number of rotatable bonds is 13. The van der Waals surface area contributed by atoms with Gasteiger partial charge in [0.2, 0.25) is 0 Å². The molecule has 0 aromatic heterocycles. The van der Waals surface area contributed by atoms with E-state index in [2.05, 4.69) is 27.7 Å². The Morgan fingerprint density at radius 3 is 1.75 bits per heavy atom. The van der Waals surface area contributed by atoms with Crippen molar-refractivity contribution in [3.8, 4) is 0 Å². The quantitative estimate of drug-likeness (QED) is 0.392. The Labute approximate surface area is 174 Å². The monoisotopic (exact) mass is 351 g/mol. The van der Waals surface area contributed by atoms with Gasteiger partial charge in [0, 0.05) is 6.08 Å². The summed E-state index contributed by atoms with van der Waals surface area (Å²) in [7, 11) is 0. The number of aliphatic carboxylic acids is 1. The van der Waals surface area contributed by atoms with Crippen LogP contribution in [0.4, 0.5) is 0 Å². The van der Waals surface area contributed by atoms with E-state index < -0.39 is 5.97 Å². The summed E-state index contributed by atoms with van der Waals surface area (Å²) < 4.78 is 0. The van der Waals surface area contributed by atoms with Gasteiger partial charge in [-0.1, -0.05) is 78.2 Å².